The monoisotopic (exact) mass is 371 g/mol. The van der Waals surface area contributed by atoms with E-state index in [0.29, 0.717) is 0 Å². The van der Waals surface area contributed by atoms with E-state index in [-0.39, 0.29) is 0 Å². The van der Waals surface area contributed by atoms with E-state index in [1.165, 1.54) is 11.1 Å². The number of hydrogen-bond donors (Lipinski definition) is 1. The molecule has 2 heterocycles. The highest BCUT2D eigenvalue weighted by Gasteiger charge is 2.19. The van der Waals surface area contributed by atoms with Crippen LogP contribution in [0.2, 0.25) is 0 Å². The second kappa shape index (κ2) is 7.47. The Labute approximate surface area is 165 Å². The van der Waals surface area contributed by atoms with Crippen LogP contribution in [0.1, 0.15) is 25.0 Å². The fraction of sp³-hybridized carbons (Fsp3) is 0.250. The van der Waals surface area contributed by atoms with E-state index in [4.69, 9.17) is 4.42 Å². The third-order valence-electron chi connectivity index (χ3n) is 5.05. The van der Waals surface area contributed by atoms with Crippen LogP contribution in [0, 0.1) is 13.8 Å². The maximum absolute atomic E-state index is 6.38. The van der Waals surface area contributed by atoms with Gasteiger partial charge in [-0.2, -0.15) is 0 Å². The van der Waals surface area contributed by atoms with Crippen LogP contribution in [0.5, 0.6) is 0 Å². The van der Waals surface area contributed by atoms with Crippen molar-refractivity contribution in [2.75, 3.05) is 18.4 Å². The summed E-state index contributed by atoms with van der Waals surface area (Å²) in [5.41, 5.74) is 7.74. The normalized spacial score (nSPS) is 12.1. The van der Waals surface area contributed by atoms with Crippen molar-refractivity contribution in [3.8, 4) is 22.5 Å². The Bertz CT molecular complexity index is 1180. The number of benzene rings is 2. The third-order valence-corrected chi connectivity index (χ3v) is 5.05. The average molecular weight is 371 g/mol. The molecular weight excluding hydrogens is 346 g/mol. The van der Waals surface area contributed by atoms with Crippen molar-refractivity contribution in [1.29, 1.82) is 0 Å². The molecule has 4 heteroatoms. The highest BCUT2D eigenvalue weighted by molar-refractivity contribution is 6.03. The number of nitrogens with zero attached hydrogens (tertiary/aromatic N) is 2. The molecule has 0 unspecified atom stereocenters. The fourth-order valence-electron chi connectivity index (χ4n) is 3.74. The van der Waals surface area contributed by atoms with E-state index in [1.807, 2.05) is 12.4 Å². The molecule has 4 nitrogen and oxygen atoms in total. The molecule has 0 amide bonds. The molecule has 1 aliphatic heterocycles. The Morgan fingerprint density at radius 1 is 1.00 bits per heavy atom. The van der Waals surface area contributed by atoms with Gasteiger partial charge in [0.2, 0.25) is 0 Å². The molecule has 0 saturated heterocycles. The lowest BCUT2D eigenvalue weighted by molar-refractivity contribution is 0.618. The highest BCUT2D eigenvalue weighted by Crippen LogP contribution is 2.41. The van der Waals surface area contributed by atoms with Gasteiger partial charge in [0.05, 0.1) is 5.36 Å². The van der Waals surface area contributed by atoms with Crippen molar-refractivity contribution in [2.45, 2.75) is 27.7 Å². The van der Waals surface area contributed by atoms with Crippen molar-refractivity contribution in [1.82, 2.24) is 4.98 Å². The molecule has 28 heavy (non-hydrogen) atoms. The Hall–Kier alpha value is -3.14. The SMILES string of the molecule is CC/N=c1/cc2oc3cc(NCC)c(C)cc3c(-c3ccncc3)c-2cc1C. The smallest absolute Gasteiger partial charge is 0.137 e. The molecule has 2 aromatic rings. The molecule has 1 aromatic carbocycles. The summed E-state index contributed by atoms with van der Waals surface area (Å²) in [6.07, 6.45) is 3.68. The zero-order chi connectivity index (χ0) is 19.7. The van der Waals surface area contributed by atoms with Crippen LogP contribution in [-0.4, -0.2) is 18.1 Å². The molecule has 1 N–H and O–H groups in total. The van der Waals surface area contributed by atoms with Crippen molar-refractivity contribution in [3.63, 3.8) is 0 Å². The standard InChI is InChI=1S/C24H25N3O/c1-5-26-20-13-22-18(11-15(20)3)24(17-7-9-25-10-8-17)19-12-16(4)21(27-6-2)14-23(19)28-22/h7-14,26H,5-6H2,1-4H3/b27-21-. The van der Waals surface area contributed by atoms with E-state index in [9.17, 15) is 0 Å². The summed E-state index contributed by atoms with van der Waals surface area (Å²) >= 11 is 0. The second-order valence-electron chi connectivity index (χ2n) is 7.02. The molecule has 4 rings (SSSR count). The third kappa shape index (κ3) is 3.15. The van der Waals surface area contributed by atoms with Gasteiger partial charge in [-0.3, -0.25) is 9.98 Å². The minimum Gasteiger partial charge on any atom is -0.456 e. The number of aryl methyl sites for hydroxylation is 2. The van der Waals surface area contributed by atoms with Gasteiger partial charge in [0, 0.05) is 59.8 Å². The largest absolute Gasteiger partial charge is 0.456 e. The first-order valence-corrected chi connectivity index (χ1v) is 9.79. The molecule has 2 aliphatic rings. The van der Waals surface area contributed by atoms with Crippen molar-refractivity contribution in [2.24, 2.45) is 4.99 Å². The van der Waals surface area contributed by atoms with Gasteiger partial charge in [0.15, 0.2) is 0 Å². The average Bonchev–Trinajstić information content (AvgIpc) is 2.69. The van der Waals surface area contributed by atoms with Gasteiger partial charge in [-0.25, -0.2) is 0 Å². The zero-order valence-electron chi connectivity index (χ0n) is 16.8. The Morgan fingerprint density at radius 2 is 1.79 bits per heavy atom. The Kier molecular flexibility index (Phi) is 4.86. The lowest BCUT2D eigenvalue weighted by Crippen LogP contribution is -2.09. The maximum atomic E-state index is 6.38. The molecule has 0 radical (unpaired) electrons. The van der Waals surface area contributed by atoms with Crippen LogP contribution in [0.3, 0.4) is 0 Å². The highest BCUT2D eigenvalue weighted by atomic mass is 16.3. The van der Waals surface area contributed by atoms with Crippen LogP contribution < -0.4 is 10.7 Å². The number of aromatic nitrogens is 1. The first-order chi connectivity index (χ1) is 13.6. The fourth-order valence-corrected chi connectivity index (χ4v) is 3.74. The predicted octanol–water partition coefficient (Wildman–Crippen LogP) is 5.57. The Balaban J connectivity index is 2.15. The van der Waals surface area contributed by atoms with Crippen molar-refractivity contribution >= 4 is 16.7 Å². The number of pyridine rings is 1. The summed E-state index contributed by atoms with van der Waals surface area (Å²) in [4.78, 5) is 8.81. The van der Waals surface area contributed by atoms with Gasteiger partial charge < -0.3 is 9.73 Å². The maximum Gasteiger partial charge on any atom is 0.137 e. The predicted molar refractivity (Wildman–Crippen MR) is 116 cm³/mol. The lowest BCUT2D eigenvalue weighted by atomic mass is 9.92. The van der Waals surface area contributed by atoms with Gasteiger partial charge in [0.1, 0.15) is 11.3 Å². The van der Waals surface area contributed by atoms with E-state index in [1.54, 1.807) is 0 Å². The molecule has 0 saturated carbocycles. The topological polar surface area (TPSA) is 50.4 Å². The van der Waals surface area contributed by atoms with E-state index in [2.05, 4.69) is 79.4 Å². The number of rotatable bonds is 4. The van der Waals surface area contributed by atoms with Crippen LogP contribution in [0.15, 0.2) is 58.2 Å². The molecular formula is C24H25N3O. The van der Waals surface area contributed by atoms with Crippen LogP contribution in [0.4, 0.5) is 5.69 Å². The summed E-state index contributed by atoms with van der Waals surface area (Å²) in [6.45, 7) is 10.0. The number of anilines is 1. The quantitative estimate of drug-likeness (QED) is 0.477. The summed E-state index contributed by atoms with van der Waals surface area (Å²) in [7, 11) is 0. The molecule has 0 bridgehead atoms. The number of fused-ring (bicyclic) bond motifs is 2. The van der Waals surface area contributed by atoms with Gasteiger partial charge >= 0.3 is 0 Å². The second-order valence-corrected chi connectivity index (χ2v) is 7.02. The first-order valence-electron chi connectivity index (χ1n) is 9.79. The van der Waals surface area contributed by atoms with Crippen LogP contribution in [0.25, 0.3) is 33.4 Å². The van der Waals surface area contributed by atoms with E-state index in [0.717, 1.165) is 57.6 Å². The molecule has 142 valence electrons. The molecule has 1 aromatic heterocycles. The molecule has 1 aliphatic carbocycles. The van der Waals surface area contributed by atoms with Gasteiger partial charge in [-0.15, -0.1) is 0 Å². The minimum atomic E-state index is 0.751. The van der Waals surface area contributed by atoms with Crippen LogP contribution >= 0.6 is 0 Å². The number of nitrogens with one attached hydrogen (secondary N) is 1. The Morgan fingerprint density at radius 3 is 2.50 bits per heavy atom. The van der Waals surface area contributed by atoms with Gasteiger partial charge in [-0.1, -0.05) is 0 Å². The summed E-state index contributed by atoms with van der Waals surface area (Å²) < 4.78 is 6.38. The molecule has 0 spiro atoms. The minimum absolute atomic E-state index is 0.751. The first kappa shape index (κ1) is 18.2. The zero-order valence-corrected chi connectivity index (χ0v) is 16.8. The van der Waals surface area contributed by atoms with Crippen LogP contribution in [-0.2, 0) is 0 Å². The van der Waals surface area contributed by atoms with Gasteiger partial charge in [0.25, 0.3) is 0 Å². The molecule has 0 fully saturated rings. The number of hydrogen-bond acceptors (Lipinski definition) is 4. The summed E-state index contributed by atoms with van der Waals surface area (Å²) in [5.74, 6) is 0.850. The summed E-state index contributed by atoms with van der Waals surface area (Å²) in [5, 5.41) is 5.52. The van der Waals surface area contributed by atoms with E-state index < -0.39 is 0 Å². The molecule has 0 atom stereocenters. The van der Waals surface area contributed by atoms with Crippen molar-refractivity contribution < 1.29 is 4.42 Å². The summed E-state index contributed by atoms with van der Waals surface area (Å²) in [6, 6.07) is 12.7. The lowest BCUT2D eigenvalue weighted by Gasteiger charge is -2.18. The van der Waals surface area contributed by atoms with E-state index >= 15 is 0 Å². The van der Waals surface area contributed by atoms with Crippen molar-refractivity contribution in [3.05, 3.63) is 65.3 Å². The van der Waals surface area contributed by atoms with Gasteiger partial charge in [-0.05, 0) is 68.7 Å².